The highest BCUT2D eigenvalue weighted by Crippen LogP contribution is 2.59. The molecule has 0 N–H and O–H groups in total. The summed E-state index contributed by atoms with van der Waals surface area (Å²) >= 11 is 0. The summed E-state index contributed by atoms with van der Waals surface area (Å²) in [6.07, 6.45) is 9.61. The summed E-state index contributed by atoms with van der Waals surface area (Å²) in [5.74, 6) is 0.445. The molecule has 11 rings (SSSR count). The third kappa shape index (κ3) is 6.93. The number of fused-ring (bicyclic) bond motifs is 9. The normalized spacial score (nSPS) is 13.8. The zero-order valence-corrected chi connectivity index (χ0v) is 42.2. The van der Waals surface area contributed by atoms with Crippen molar-refractivity contribution in [2.24, 2.45) is 11.3 Å². The number of hydrogen-bond acceptors (Lipinski definition) is 0. The van der Waals surface area contributed by atoms with Crippen LogP contribution in [0.25, 0.3) is 115 Å². The zero-order valence-electron chi connectivity index (χ0n) is 42.2. The van der Waals surface area contributed by atoms with E-state index in [-0.39, 0.29) is 16.2 Å². The second-order valence-electron chi connectivity index (χ2n) is 23.1. The first-order valence-electron chi connectivity index (χ1n) is 24.9. The monoisotopic (exact) mass is 881 g/mol. The van der Waals surface area contributed by atoms with Crippen LogP contribution in [0.2, 0.25) is 0 Å². The Kier molecular flexibility index (Phi) is 10.1. The van der Waals surface area contributed by atoms with E-state index >= 15 is 0 Å². The van der Waals surface area contributed by atoms with Gasteiger partial charge in [-0.3, -0.25) is 0 Å². The molecule has 0 nitrogen and oxygen atoms in total. The van der Waals surface area contributed by atoms with Gasteiger partial charge in [-0.25, -0.2) is 0 Å². The standard InChI is InChI=1S/C68H64/c1-13-41(34-45(66(4,5)6)30-28-40(2)3)60-56-31-29-43(49-32-33-55-51-23-17-16-22-50(51)54-26-18-24-53(49)62(54)55)37-58(56)61(44-35-46(67(7,8)9)39-47(36-44)68(10,11)12)65-59-38-42-20-14-15-21-48(42)52-25-19-27-57(63(52)59)64(60)65/h13-40H,1-12H3/b30-28+,41-13+,45-34+. The molecule has 0 bridgehead atoms. The molecule has 0 amide bonds. The molecule has 2 aliphatic carbocycles. The van der Waals surface area contributed by atoms with Crippen molar-refractivity contribution in [2.75, 3.05) is 0 Å². The fourth-order valence-corrected chi connectivity index (χ4v) is 11.3. The van der Waals surface area contributed by atoms with Crippen molar-refractivity contribution in [3.63, 3.8) is 0 Å². The van der Waals surface area contributed by atoms with E-state index in [1.54, 1.807) is 0 Å². The van der Waals surface area contributed by atoms with Gasteiger partial charge in [-0.05, 0) is 179 Å². The Morgan fingerprint density at radius 3 is 1.69 bits per heavy atom. The van der Waals surface area contributed by atoms with Crippen LogP contribution in [0.4, 0.5) is 0 Å². The van der Waals surface area contributed by atoms with Crippen molar-refractivity contribution in [3.05, 3.63) is 186 Å². The molecule has 9 aromatic rings. The van der Waals surface area contributed by atoms with Gasteiger partial charge < -0.3 is 0 Å². The molecule has 0 aromatic heterocycles. The molecule has 0 heterocycles. The minimum absolute atomic E-state index is 0.0583. The van der Waals surface area contributed by atoms with Crippen LogP contribution in [-0.4, -0.2) is 0 Å². The summed E-state index contributed by atoms with van der Waals surface area (Å²) in [7, 11) is 0. The van der Waals surface area contributed by atoms with Crippen molar-refractivity contribution in [3.8, 4) is 66.8 Å². The first-order chi connectivity index (χ1) is 32.4. The summed E-state index contributed by atoms with van der Waals surface area (Å²) in [4.78, 5) is 0. The lowest BCUT2D eigenvalue weighted by Gasteiger charge is -2.28. The van der Waals surface area contributed by atoms with Gasteiger partial charge in [-0.15, -0.1) is 0 Å². The highest BCUT2D eigenvalue weighted by atomic mass is 14.4. The highest BCUT2D eigenvalue weighted by Gasteiger charge is 2.34. The second-order valence-corrected chi connectivity index (χ2v) is 23.1. The maximum atomic E-state index is 2.56. The van der Waals surface area contributed by atoms with Crippen LogP contribution in [0, 0.1) is 11.3 Å². The van der Waals surface area contributed by atoms with E-state index in [4.69, 9.17) is 0 Å². The summed E-state index contributed by atoms with van der Waals surface area (Å²) in [5, 5.41) is 10.5. The van der Waals surface area contributed by atoms with Crippen LogP contribution in [0.3, 0.4) is 0 Å². The van der Waals surface area contributed by atoms with Gasteiger partial charge in [-0.1, -0.05) is 228 Å². The lowest BCUT2D eigenvalue weighted by molar-refractivity contribution is 0.516. The van der Waals surface area contributed by atoms with Gasteiger partial charge in [0.05, 0.1) is 0 Å². The molecular weight excluding hydrogens is 817 g/mol. The van der Waals surface area contributed by atoms with E-state index in [1.807, 2.05) is 0 Å². The number of rotatable bonds is 6. The van der Waals surface area contributed by atoms with E-state index in [1.165, 1.54) is 138 Å². The van der Waals surface area contributed by atoms with E-state index in [9.17, 15) is 0 Å². The molecule has 0 radical (unpaired) electrons. The fourth-order valence-electron chi connectivity index (χ4n) is 11.3. The molecule has 2 aliphatic rings. The minimum atomic E-state index is -0.0708. The van der Waals surface area contributed by atoms with Gasteiger partial charge in [0.2, 0.25) is 0 Å². The van der Waals surface area contributed by atoms with Crippen molar-refractivity contribution in [2.45, 2.75) is 93.9 Å². The zero-order chi connectivity index (χ0) is 47.6. The van der Waals surface area contributed by atoms with Gasteiger partial charge >= 0.3 is 0 Å². The largest absolute Gasteiger partial charge is 0.0817 e. The maximum Gasteiger partial charge on any atom is -0.000719 e. The summed E-state index contributed by atoms with van der Waals surface area (Å²) < 4.78 is 0. The minimum Gasteiger partial charge on any atom is -0.0817 e. The van der Waals surface area contributed by atoms with E-state index in [0.717, 1.165) is 0 Å². The van der Waals surface area contributed by atoms with Crippen molar-refractivity contribution >= 4 is 48.7 Å². The van der Waals surface area contributed by atoms with Gasteiger partial charge in [0, 0.05) is 0 Å². The molecule has 0 saturated heterocycles. The molecule has 0 heteroatoms. The fraction of sp³-hybridized carbons (Fsp3) is 0.235. The second kappa shape index (κ2) is 15.6. The van der Waals surface area contributed by atoms with Gasteiger partial charge in [-0.2, -0.15) is 0 Å². The van der Waals surface area contributed by atoms with Gasteiger partial charge in [0.1, 0.15) is 0 Å². The van der Waals surface area contributed by atoms with Crippen LogP contribution in [0.1, 0.15) is 99.8 Å². The molecule has 68 heavy (non-hydrogen) atoms. The smallest absolute Gasteiger partial charge is 0.000719 e. The first kappa shape index (κ1) is 43.8. The molecule has 336 valence electrons. The summed E-state index contributed by atoms with van der Waals surface area (Å²) in [6.45, 7) is 28.0. The third-order valence-electron chi connectivity index (χ3n) is 15.0. The molecule has 0 fully saturated rings. The van der Waals surface area contributed by atoms with E-state index in [2.05, 4.69) is 247 Å². The molecule has 0 unspecified atom stereocenters. The van der Waals surface area contributed by atoms with E-state index in [0.29, 0.717) is 5.92 Å². The van der Waals surface area contributed by atoms with Crippen LogP contribution in [0.5, 0.6) is 0 Å². The van der Waals surface area contributed by atoms with Crippen molar-refractivity contribution < 1.29 is 0 Å². The van der Waals surface area contributed by atoms with Gasteiger partial charge in [0.15, 0.2) is 0 Å². The van der Waals surface area contributed by atoms with E-state index < -0.39 is 0 Å². The van der Waals surface area contributed by atoms with Crippen LogP contribution < -0.4 is 0 Å². The van der Waals surface area contributed by atoms with Crippen LogP contribution in [0.15, 0.2) is 169 Å². The molecule has 9 aromatic carbocycles. The predicted molar refractivity (Wildman–Crippen MR) is 299 cm³/mol. The number of benzene rings is 9. The number of hydrogen-bond donors (Lipinski definition) is 0. The average Bonchev–Trinajstić information content (AvgIpc) is 3.81. The lowest BCUT2D eigenvalue weighted by Crippen LogP contribution is -2.16. The predicted octanol–water partition coefficient (Wildman–Crippen LogP) is 20.1. The molecular formula is C68H64. The van der Waals surface area contributed by atoms with Gasteiger partial charge in [0.25, 0.3) is 0 Å². The Morgan fingerprint density at radius 2 is 1.03 bits per heavy atom. The summed E-state index contributed by atoms with van der Waals surface area (Å²) in [5.41, 5.74) is 22.1. The van der Waals surface area contributed by atoms with Crippen LogP contribution >= 0.6 is 0 Å². The SMILES string of the molecule is C\C=C(/C=C(\C=C\C(C)C)C(C)(C)C)c1c2c(c(-c3cc(C(C)(C)C)cc(C(C)(C)C)c3)c3cc(-c4ccc5c6c(cccc46)-c4ccccc4-5)ccc13)-c1cc3ccccc3c3cccc-2c13. The number of allylic oxidation sites excluding steroid dienone is 6. The summed E-state index contributed by atoms with van der Waals surface area (Å²) in [6, 6.07) is 54.1. The Hall–Kier alpha value is -6.76. The topological polar surface area (TPSA) is 0 Å². The Bertz CT molecular complexity index is 3620. The third-order valence-corrected chi connectivity index (χ3v) is 15.0. The Labute approximate surface area is 404 Å². The maximum absolute atomic E-state index is 2.56. The quantitative estimate of drug-likeness (QED) is 0.115. The molecule has 0 aliphatic heterocycles. The first-order valence-corrected chi connectivity index (χ1v) is 24.9. The Balaban J connectivity index is 1.33. The van der Waals surface area contributed by atoms with Crippen molar-refractivity contribution in [1.82, 2.24) is 0 Å². The average molecular weight is 881 g/mol. The lowest BCUT2D eigenvalue weighted by atomic mass is 9.76. The molecule has 0 atom stereocenters. The molecule has 0 spiro atoms. The van der Waals surface area contributed by atoms with Crippen molar-refractivity contribution in [1.29, 1.82) is 0 Å². The van der Waals surface area contributed by atoms with Crippen LogP contribution in [-0.2, 0) is 10.8 Å². The highest BCUT2D eigenvalue weighted by molar-refractivity contribution is 6.30. The molecule has 0 saturated carbocycles. The Morgan fingerprint density at radius 1 is 0.441 bits per heavy atom.